The fourth-order valence-electron chi connectivity index (χ4n) is 3.37. The monoisotopic (exact) mass is 346 g/mol. The van der Waals surface area contributed by atoms with E-state index in [1.165, 1.54) is 6.07 Å². The number of rotatable bonds is 3. The molecular formula is C18H23FN4O2. The lowest BCUT2D eigenvalue weighted by Gasteiger charge is -2.38. The highest BCUT2D eigenvalue weighted by molar-refractivity contribution is 5.78. The highest BCUT2D eigenvalue weighted by Gasteiger charge is 2.26. The van der Waals surface area contributed by atoms with E-state index < -0.39 is 5.82 Å². The van der Waals surface area contributed by atoms with Crippen LogP contribution in [0.4, 0.5) is 10.1 Å². The van der Waals surface area contributed by atoms with Crippen molar-refractivity contribution in [3.63, 3.8) is 0 Å². The van der Waals surface area contributed by atoms with Gasteiger partial charge in [-0.15, -0.1) is 0 Å². The van der Waals surface area contributed by atoms with Crippen LogP contribution >= 0.6 is 0 Å². The summed E-state index contributed by atoms with van der Waals surface area (Å²) >= 11 is 0. The lowest BCUT2D eigenvalue weighted by Crippen LogP contribution is -2.52. The quantitative estimate of drug-likeness (QED) is 0.819. The van der Waals surface area contributed by atoms with Gasteiger partial charge in [0.05, 0.1) is 24.9 Å². The van der Waals surface area contributed by atoms with Gasteiger partial charge in [0.1, 0.15) is 17.4 Å². The van der Waals surface area contributed by atoms with Crippen molar-refractivity contribution in [1.82, 2.24) is 9.80 Å². The van der Waals surface area contributed by atoms with E-state index >= 15 is 0 Å². The molecule has 0 aliphatic carbocycles. The third-order valence-corrected chi connectivity index (χ3v) is 4.77. The summed E-state index contributed by atoms with van der Waals surface area (Å²) in [6, 6.07) is 6.66. The summed E-state index contributed by atoms with van der Waals surface area (Å²) < 4.78 is 19.2. The molecule has 2 heterocycles. The second-order valence-electron chi connectivity index (χ2n) is 6.53. The first kappa shape index (κ1) is 17.6. The van der Waals surface area contributed by atoms with Gasteiger partial charge in [0.15, 0.2) is 0 Å². The molecule has 7 heteroatoms. The molecule has 0 bridgehead atoms. The molecule has 0 saturated carbocycles. The van der Waals surface area contributed by atoms with E-state index in [-0.39, 0.29) is 17.6 Å². The van der Waals surface area contributed by atoms with Crippen LogP contribution in [0.15, 0.2) is 18.2 Å². The molecule has 0 N–H and O–H groups in total. The normalized spacial score (nSPS) is 21.9. The van der Waals surface area contributed by atoms with Gasteiger partial charge in [-0.25, -0.2) is 4.39 Å². The molecule has 6 nitrogen and oxygen atoms in total. The first-order valence-electron chi connectivity index (χ1n) is 8.64. The number of amides is 1. The number of hydrogen-bond acceptors (Lipinski definition) is 5. The molecule has 2 aliphatic heterocycles. The Kier molecular flexibility index (Phi) is 5.51. The number of piperazine rings is 1. The van der Waals surface area contributed by atoms with Crippen LogP contribution in [0, 0.1) is 17.1 Å². The molecule has 0 spiro atoms. The second-order valence-corrected chi connectivity index (χ2v) is 6.53. The van der Waals surface area contributed by atoms with Gasteiger partial charge in [-0.3, -0.25) is 9.69 Å². The Morgan fingerprint density at radius 3 is 2.76 bits per heavy atom. The van der Waals surface area contributed by atoms with Gasteiger partial charge in [-0.1, -0.05) is 6.07 Å². The van der Waals surface area contributed by atoms with Crippen molar-refractivity contribution < 1.29 is 13.9 Å². The number of anilines is 1. The molecule has 0 aromatic heterocycles. The largest absolute Gasteiger partial charge is 0.375 e. The Balaban J connectivity index is 1.55. The van der Waals surface area contributed by atoms with Gasteiger partial charge in [0.2, 0.25) is 5.91 Å². The summed E-state index contributed by atoms with van der Waals surface area (Å²) in [5.74, 6) is -0.355. The molecule has 25 heavy (non-hydrogen) atoms. The summed E-state index contributed by atoms with van der Waals surface area (Å²) in [7, 11) is 0. The van der Waals surface area contributed by atoms with E-state index in [2.05, 4.69) is 4.90 Å². The van der Waals surface area contributed by atoms with Crippen LogP contribution in [0.25, 0.3) is 0 Å². The summed E-state index contributed by atoms with van der Waals surface area (Å²) in [6.45, 7) is 7.04. The van der Waals surface area contributed by atoms with Crippen molar-refractivity contribution in [2.24, 2.45) is 0 Å². The van der Waals surface area contributed by atoms with Crippen molar-refractivity contribution in [3.8, 4) is 6.07 Å². The molecule has 134 valence electrons. The third-order valence-electron chi connectivity index (χ3n) is 4.77. The molecule has 0 radical (unpaired) electrons. The van der Waals surface area contributed by atoms with E-state index in [9.17, 15) is 14.4 Å². The number of nitrogens with zero attached hydrogens (tertiary/aromatic N) is 4. The fraction of sp³-hybridized carbons (Fsp3) is 0.556. The average Bonchev–Trinajstić information content (AvgIpc) is 2.62. The predicted octanol–water partition coefficient (Wildman–Crippen LogP) is 1.07. The molecule has 1 atom stereocenters. The third kappa shape index (κ3) is 4.09. The van der Waals surface area contributed by atoms with E-state index in [0.29, 0.717) is 58.1 Å². The summed E-state index contributed by atoms with van der Waals surface area (Å²) in [6.07, 6.45) is 0.0897. The molecule has 2 fully saturated rings. The first-order valence-corrected chi connectivity index (χ1v) is 8.64. The maximum absolute atomic E-state index is 13.8. The SMILES string of the molecule is CC1CN(C(=O)CN2CCN(c3cccc(F)c3C#N)CC2)CCO1. The topological polar surface area (TPSA) is 59.8 Å². The van der Waals surface area contributed by atoms with Gasteiger partial charge in [-0.05, 0) is 19.1 Å². The number of carbonyl (C=O) groups is 1. The van der Waals surface area contributed by atoms with Gasteiger partial charge in [0, 0.05) is 39.3 Å². The fourth-order valence-corrected chi connectivity index (χ4v) is 3.37. The van der Waals surface area contributed by atoms with E-state index in [4.69, 9.17) is 4.74 Å². The van der Waals surface area contributed by atoms with Gasteiger partial charge in [-0.2, -0.15) is 5.26 Å². The standard InChI is InChI=1S/C18H23FN4O2/c1-14-12-23(9-10-25-14)18(24)13-21-5-7-22(8-6-21)17-4-2-3-16(19)15(17)11-20/h2-4,14H,5-10,12-13H2,1H3. The molecule has 1 amide bonds. The number of nitriles is 1. The van der Waals surface area contributed by atoms with Gasteiger partial charge < -0.3 is 14.5 Å². The molecule has 1 aromatic rings. The Labute approximate surface area is 147 Å². The zero-order valence-electron chi connectivity index (χ0n) is 14.4. The van der Waals surface area contributed by atoms with Crippen molar-refractivity contribution in [3.05, 3.63) is 29.6 Å². The number of benzene rings is 1. The molecular weight excluding hydrogens is 323 g/mol. The number of hydrogen-bond donors (Lipinski definition) is 0. The van der Waals surface area contributed by atoms with E-state index in [0.717, 1.165) is 0 Å². The van der Waals surface area contributed by atoms with Crippen LogP contribution in [-0.2, 0) is 9.53 Å². The highest BCUT2D eigenvalue weighted by Crippen LogP contribution is 2.23. The molecule has 2 aliphatic rings. The van der Waals surface area contributed by atoms with Crippen molar-refractivity contribution in [1.29, 1.82) is 5.26 Å². The predicted molar refractivity (Wildman–Crippen MR) is 91.8 cm³/mol. The van der Waals surface area contributed by atoms with Crippen LogP contribution in [0.2, 0.25) is 0 Å². The Morgan fingerprint density at radius 2 is 2.08 bits per heavy atom. The first-order chi connectivity index (χ1) is 12.1. The minimum absolute atomic E-state index is 0.0897. The number of ether oxygens (including phenoxy) is 1. The van der Waals surface area contributed by atoms with Crippen LogP contribution in [0.3, 0.4) is 0 Å². The van der Waals surface area contributed by atoms with Crippen LogP contribution in [0.1, 0.15) is 12.5 Å². The van der Waals surface area contributed by atoms with E-state index in [1.54, 1.807) is 12.1 Å². The lowest BCUT2D eigenvalue weighted by atomic mass is 10.1. The molecule has 3 rings (SSSR count). The Morgan fingerprint density at radius 1 is 1.32 bits per heavy atom. The number of morpholine rings is 1. The lowest BCUT2D eigenvalue weighted by molar-refractivity contribution is -0.139. The highest BCUT2D eigenvalue weighted by atomic mass is 19.1. The van der Waals surface area contributed by atoms with Crippen molar-refractivity contribution >= 4 is 11.6 Å². The molecule has 1 unspecified atom stereocenters. The van der Waals surface area contributed by atoms with Crippen LogP contribution < -0.4 is 4.90 Å². The Bertz CT molecular complexity index is 668. The second kappa shape index (κ2) is 7.81. The Hall–Kier alpha value is -2.17. The minimum Gasteiger partial charge on any atom is -0.375 e. The van der Waals surface area contributed by atoms with Crippen LogP contribution in [-0.4, -0.2) is 74.2 Å². The van der Waals surface area contributed by atoms with Crippen molar-refractivity contribution in [2.75, 3.05) is 57.3 Å². The van der Waals surface area contributed by atoms with Gasteiger partial charge in [0.25, 0.3) is 0 Å². The van der Waals surface area contributed by atoms with Crippen LogP contribution in [0.5, 0.6) is 0 Å². The molecule has 1 aromatic carbocycles. The maximum Gasteiger partial charge on any atom is 0.236 e. The van der Waals surface area contributed by atoms with Crippen molar-refractivity contribution in [2.45, 2.75) is 13.0 Å². The van der Waals surface area contributed by atoms with E-state index in [1.807, 2.05) is 22.8 Å². The number of carbonyl (C=O) groups excluding carboxylic acids is 1. The minimum atomic E-state index is -0.487. The zero-order chi connectivity index (χ0) is 17.8. The number of halogens is 1. The van der Waals surface area contributed by atoms with Gasteiger partial charge >= 0.3 is 0 Å². The zero-order valence-corrected chi connectivity index (χ0v) is 14.4. The smallest absolute Gasteiger partial charge is 0.236 e. The average molecular weight is 346 g/mol. The maximum atomic E-state index is 13.8. The molecule has 2 saturated heterocycles. The summed E-state index contributed by atoms with van der Waals surface area (Å²) in [5.41, 5.74) is 0.727. The summed E-state index contributed by atoms with van der Waals surface area (Å²) in [5, 5.41) is 9.18. The summed E-state index contributed by atoms with van der Waals surface area (Å²) in [4.78, 5) is 18.4.